The Labute approximate surface area is 103 Å². The first-order valence-corrected chi connectivity index (χ1v) is 7.59. The highest BCUT2D eigenvalue weighted by Crippen LogP contribution is 2.36. The van der Waals surface area contributed by atoms with Crippen molar-refractivity contribution >= 4 is 18.0 Å². The predicted molar refractivity (Wildman–Crippen MR) is 69.9 cm³/mol. The van der Waals surface area contributed by atoms with Crippen molar-refractivity contribution in [3.05, 3.63) is 0 Å². The van der Waals surface area contributed by atoms with Gasteiger partial charge in [0.15, 0.2) is 0 Å². The van der Waals surface area contributed by atoms with Crippen molar-refractivity contribution in [1.82, 2.24) is 4.90 Å². The Morgan fingerprint density at radius 2 is 2.12 bits per heavy atom. The molecule has 1 saturated heterocycles. The molecule has 16 heavy (non-hydrogen) atoms. The highest BCUT2D eigenvalue weighted by Gasteiger charge is 2.34. The molecule has 0 spiro atoms. The molecule has 92 valence electrons. The van der Waals surface area contributed by atoms with Gasteiger partial charge in [0.25, 0.3) is 0 Å². The molecule has 0 aromatic heterocycles. The van der Waals surface area contributed by atoms with Gasteiger partial charge in [0.1, 0.15) is 6.29 Å². The van der Waals surface area contributed by atoms with Gasteiger partial charge >= 0.3 is 0 Å². The number of aldehydes is 1. The number of thioether (sulfide) groups is 1. The summed E-state index contributed by atoms with van der Waals surface area (Å²) in [5, 5.41) is 0.737. The van der Waals surface area contributed by atoms with Crippen LogP contribution in [0.5, 0.6) is 0 Å². The second-order valence-electron chi connectivity index (χ2n) is 5.46. The summed E-state index contributed by atoms with van der Waals surface area (Å²) in [5.41, 5.74) is -0.0000231. The maximum atomic E-state index is 11.4. The lowest BCUT2D eigenvalue weighted by Crippen LogP contribution is -2.45. The van der Waals surface area contributed by atoms with E-state index in [0.717, 1.165) is 24.6 Å². The van der Waals surface area contributed by atoms with Crippen LogP contribution < -0.4 is 0 Å². The monoisotopic (exact) mass is 241 g/mol. The predicted octanol–water partition coefficient (Wildman–Crippen LogP) is 2.57. The Hall–Kier alpha value is -0.0200. The Morgan fingerprint density at radius 1 is 1.38 bits per heavy atom. The lowest BCUT2D eigenvalue weighted by molar-refractivity contribution is -0.119. The third-order valence-corrected chi connectivity index (χ3v) is 5.10. The molecule has 2 aliphatic rings. The first kappa shape index (κ1) is 12.4. The number of carbonyl (C=O) groups is 1. The zero-order valence-electron chi connectivity index (χ0n) is 10.3. The highest BCUT2D eigenvalue weighted by molar-refractivity contribution is 7.99. The van der Waals surface area contributed by atoms with Crippen LogP contribution >= 0.6 is 11.8 Å². The first-order chi connectivity index (χ1) is 7.74. The summed E-state index contributed by atoms with van der Waals surface area (Å²) < 4.78 is 0. The van der Waals surface area contributed by atoms with Crippen LogP contribution in [0, 0.1) is 5.41 Å². The standard InChI is InChI=1S/C13H23NOS/c1-12-9-14(7-8-16-12)10-13(11-15)5-3-2-4-6-13/h11-12H,2-10H2,1H3. The van der Waals surface area contributed by atoms with Crippen LogP contribution in [0.3, 0.4) is 0 Å². The zero-order chi connectivity index (χ0) is 11.4. The molecule has 0 N–H and O–H groups in total. The molecule has 2 fully saturated rings. The quantitative estimate of drug-likeness (QED) is 0.708. The van der Waals surface area contributed by atoms with E-state index in [1.807, 2.05) is 0 Å². The van der Waals surface area contributed by atoms with Gasteiger partial charge in [-0.05, 0) is 12.8 Å². The summed E-state index contributed by atoms with van der Waals surface area (Å²) in [6.07, 6.45) is 7.32. The lowest BCUT2D eigenvalue weighted by atomic mass is 9.75. The number of rotatable bonds is 3. The second kappa shape index (κ2) is 5.54. The summed E-state index contributed by atoms with van der Waals surface area (Å²) >= 11 is 2.06. The van der Waals surface area contributed by atoms with Crippen LogP contribution in [-0.4, -0.2) is 41.8 Å². The van der Waals surface area contributed by atoms with Crippen LogP contribution in [0.25, 0.3) is 0 Å². The van der Waals surface area contributed by atoms with Crippen molar-refractivity contribution in [2.24, 2.45) is 5.41 Å². The molecule has 2 rings (SSSR count). The van der Waals surface area contributed by atoms with Gasteiger partial charge < -0.3 is 9.69 Å². The minimum atomic E-state index is -0.0000231. The fraction of sp³-hybridized carbons (Fsp3) is 0.923. The summed E-state index contributed by atoms with van der Waals surface area (Å²) in [5.74, 6) is 1.23. The van der Waals surface area contributed by atoms with Gasteiger partial charge in [0.05, 0.1) is 0 Å². The van der Waals surface area contributed by atoms with E-state index in [1.165, 1.54) is 44.4 Å². The fourth-order valence-electron chi connectivity index (χ4n) is 3.05. The third kappa shape index (κ3) is 3.01. The average molecular weight is 241 g/mol. The molecule has 1 aliphatic carbocycles. The maximum Gasteiger partial charge on any atom is 0.127 e. The molecule has 1 atom stereocenters. The van der Waals surface area contributed by atoms with Gasteiger partial charge in [-0.3, -0.25) is 0 Å². The van der Waals surface area contributed by atoms with E-state index in [4.69, 9.17) is 0 Å². The van der Waals surface area contributed by atoms with Gasteiger partial charge in [-0.25, -0.2) is 0 Å². The number of carbonyl (C=O) groups excluding carboxylic acids is 1. The molecule has 0 amide bonds. The first-order valence-electron chi connectivity index (χ1n) is 6.54. The molecule has 1 heterocycles. The van der Waals surface area contributed by atoms with Crippen molar-refractivity contribution in [3.8, 4) is 0 Å². The molecule has 0 radical (unpaired) electrons. The molecular weight excluding hydrogens is 218 g/mol. The van der Waals surface area contributed by atoms with E-state index in [1.54, 1.807) is 0 Å². The summed E-state index contributed by atoms with van der Waals surface area (Å²) in [4.78, 5) is 13.9. The van der Waals surface area contributed by atoms with Gasteiger partial charge in [-0.15, -0.1) is 0 Å². The molecular formula is C13H23NOS. The van der Waals surface area contributed by atoms with Crippen LogP contribution in [0.15, 0.2) is 0 Å². The van der Waals surface area contributed by atoms with Crippen molar-refractivity contribution in [2.45, 2.75) is 44.3 Å². The van der Waals surface area contributed by atoms with Crippen molar-refractivity contribution < 1.29 is 4.79 Å². The van der Waals surface area contributed by atoms with E-state index in [0.29, 0.717) is 0 Å². The second-order valence-corrected chi connectivity index (χ2v) is 7.00. The van der Waals surface area contributed by atoms with Crippen LogP contribution in [0.4, 0.5) is 0 Å². The van der Waals surface area contributed by atoms with Gasteiger partial charge in [-0.2, -0.15) is 11.8 Å². The average Bonchev–Trinajstić information content (AvgIpc) is 2.30. The Morgan fingerprint density at radius 3 is 2.75 bits per heavy atom. The van der Waals surface area contributed by atoms with Gasteiger partial charge in [0, 0.05) is 36.1 Å². The number of nitrogens with zero attached hydrogens (tertiary/aromatic N) is 1. The van der Waals surface area contributed by atoms with Crippen LogP contribution in [0.1, 0.15) is 39.0 Å². The largest absolute Gasteiger partial charge is 0.303 e. The molecule has 1 aliphatic heterocycles. The van der Waals surface area contributed by atoms with Gasteiger partial charge in [-0.1, -0.05) is 26.2 Å². The molecule has 0 aromatic rings. The summed E-state index contributed by atoms with van der Waals surface area (Å²) in [6.45, 7) is 5.65. The minimum absolute atomic E-state index is 0.0000231. The Bertz CT molecular complexity index is 238. The van der Waals surface area contributed by atoms with Gasteiger partial charge in [0.2, 0.25) is 0 Å². The lowest BCUT2D eigenvalue weighted by Gasteiger charge is -2.39. The van der Waals surface area contributed by atoms with Crippen molar-refractivity contribution in [3.63, 3.8) is 0 Å². The smallest absolute Gasteiger partial charge is 0.127 e. The number of hydrogen-bond acceptors (Lipinski definition) is 3. The molecule has 1 saturated carbocycles. The van der Waals surface area contributed by atoms with E-state index in [2.05, 4.69) is 23.6 Å². The maximum absolute atomic E-state index is 11.4. The molecule has 1 unspecified atom stereocenters. The van der Waals surface area contributed by atoms with Crippen LogP contribution in [-0.2, 0) is 4.79 Å². The Kier molecular flexibility index (Phi) is 4.31. The van der Waals surface area contributed by atoms with E-state index >= 15 is 0 Å². The normalized spacial score (nSPS) is 31.2. The van der Waals surface area contributed by atoms with Crippen molar-refractivity contribution in [1.29, 1.82) is 0 Å². The Balaban J connectivity index is 1.92. The highest BCUT2D eigenvalue weighted by atomic mass is 32.2. The zero-order valence-corrected chi connectivity index (χ0v) is 11.1. The molecule has 3 heteroatoms. The summed E-state index contributed by atoms with van der Waals surface area (Å²) in [7, 11) is 0. The molecule has 2 nitrogen and oxygen atoms in total. The molecule has 0 bridgehead atoms. The third-order valence-electron chi connectivity index (χ3n) is 3.96. The van der Waals surface area contributed by atoms with Crippen LogP contribution in [0.2, 0.25) is 0 Å². The molecule has 0 aromatic carbocycles. The summed E-state index contributed by atoms with van der Waals surface area (Å²) in [6, 6.07) is 0. The van der Waals surface area contributed by atoms with E-state index in [-0.39, 0.29) is 5.41 Å². The topological polar surface area (TPSA) is 20.3 Å². The van der Waals surface area contributed by atoms with E-state index < -0.39 is 0 Å². The van der Waals surface area contributed by atoms with E-state index in [9.17, 15) is 4.79 Å². The minimum Gasteiger partial charge on any atom is -0.303 e. The fourth-order valence-corrected chi connectivity index (χ4v) is 4.13. The van der Waals surface area contributed by atoms with Crippen molar-refractivity contribution in [2.75, 3.05) is 25.4 Å². The SMILES string of the molecule is CC1CN(CC2(C=O)CCCCC2)CCS1. The number of hydrogen-bond donors (Lipinski definition) is 0.